The molecule has 6 heteroatoms. The lowest BCUT2D eigenvalue weighted by Gasteiger charge is -2.10. The van der Waals surface area contributed by atoms with E-state index < -0.39 is 0 Å². The van der Waals surface area contributed by atoms with Crippen LogP contribution >= 0.6 is 27.5 Å². The number of hydrogen-bond acceptors (Lipinski definition) is 3. The number of benzene rings is 2. The number of methoxy groups -OCH3 is 1. The third-order valence-electron chi connectivity index (χ3n) is 2.77. The Morgan fingerprint density at radius 3 is 2.82 bits per heavy atom. The molecule has 0 atom stereocenters. The van der Waals surface area contributed by atoms with Crippen LogP contribution in [-0.4, -0.2) is 19.6 Å². The van der Waals surface area contributed by atoms with Gasteiger partial charge >= 0.3 is 0 Å². The summed E-state index contributed by atoms with van der Waals surface area (Å²) in [5, 5.41) is 3.22. The summed E-state index contributed by atoms with van der Waals surface area (Å²) in [6.07, 6.45) is 0. The van der Waals surface area contributed by atoms with Crippen molar-refractivity contribution in [2.75, 3.05) is 19.0 Å². The number of anilines is 1. The zero-order valence-electron chi connectivity index (χ0n) is 11.9. The van der Waals surface area contributed by atoms with Gasteiger partial charge in [0, 0.05) is 17.3 Å². The van der Waals surface area contributed by atoms with Crippen LogP contribution < -0.4 is 10.1 Å². The highest BCUT2D eigenvalue weighted by Gasteiger charge is 2.07. The van der Waals surface area contributed by atoms with E-state index in [1.807, 2.05) is 24.3 Å². The van der Waals surface area contributed by atoms with Crippen molar-refractivity contribution in [1.29, 1.82) is 0 Å². The maximum absolute atomic E-state index is 11.9. The van der Waals surface area contributed by atoms with Gasteiger partial charge in [-0.25, -0.2) is 0 Å². The predicted molar refractivity (Wildman–Crippen MR) is 90.4 cm³/mol. The standard InChI is InChI=1S/C16H15BrClNO3/c1-21-9-11-3-2-4-13(7-11)19-16(20)10-22-15-6-5-12(17)8-14(15)18/h2-8H,9-10H2,1H3,(H,19,20). The highest BCUT2D eigenvalue weighted by atomic mass is 79.9. The molecule has 0 spiro atoms. The second-order valence-electron chi connectivity index (χ2n) is 4.54. The summed E-state index contributed by atoms with van der Waals surface area (Å²) < 4.78 is 11.3. The first-order chi connectivity index (χ1) is 10.6. The summed E-state index contributed by atoms with van der Waals surface area (Å²) in [6.45, 7) is 0.380. The lowest BCUT2D eigenvalue weighted by atomic mass is 10.2. The molecule has 0 aliphatic carbocycles. The van der Waals surface area contributed by atoms with Crippen molar-refractivity contribution in [3.63, 3.8) is 0 Å². The molecule has 22 heavy (non-hydrogen) atoms. The number of ether oxygens (including phenoxy) is 2. The van der Waals surface area contributed by atoms with Crippen LogP contribution in [-0.2, 0) is 16.1 Å². The number of nitrogens with one attached hydrogen (secondary N) is 1. The van der Waals surface area contributed by atoms with Gasteiger partial charge in [-0.05, 0) is 35.9 Å². The quantitative estimate of drug-likeness (QED) is 0.809. The Morgan fingerprint density at radius 1 is 1.27 bits per heavy atom. The van der Waals surface area contributed by atoms with Crippen molar-refractivity contribution in [3.8, 4) is 5.75 Å². The molecule has 0 saturated heterocycles. The van der Waals surface area contributed by atoms with Crippen LogP contribution in [0.3, 0.4) is 0 Å². The van der Waals surface area contributed by atoms with Gasteiger partial charge in [0.25, 0.3) is 5.91 Å². The fraction of sp³-hybridized carbons (Fsp3) is 0.188. The van der Waals surface area contributed by atoms with E-state index in [-0.39, 0.29) is 12.5 Å². The van der Waals surface area contributed by atoms with E-state index in [1.165, 1.54) is 0 Å². The molecule has 2 rings (SSSR count). The highest BCUT2D eigenvalue weighted by molar-refractivity contribution is 9.10. The third-order valence-corrected chi connectivity index (χ3v) is 3.56. The van der Waals surface area contributed by atoms with Gasteiger partial charge in [0.05, 0.1) is 11.6 Å². The summed E-state index contributed by atoms with van der Waals surface area (Å²) in [5.74, 6) is 0.210. The van der Waals surface area contributed by atoms with E-state index in [0.717, 1.165) is 10.0 Å². The molecule has 0 aliphatic heterocycles. The first-order valence-electron chi connectivity index (χ1n) is 6.54. The van der Waals surface area contributed by atoms with Crippen molar-refractivity contribution in [2.24, 2.45) is 0 Å². The molecule has 0 saturated carbocycles. The summed E-state index contributed by atoms with van der Waals surface area (Å²) >= 11 is 9.34. The number of amides is 1. The van der Waals surface area contributed by atoms with Gasteiger partial charge in [-0.1, -0.05) is 39.7 Å². The van der Waals surface area contributed by atoms with Gasteiger partial charge in [0.2, 0.25) is 0 Å². The average molecular weight is 385 g/mol. The van der Waals surface area contributed by atoms with E-state index in [9.17, 15) is 4.79 Å². The molecular weight excluding hydrogens is 370 g/mol. The number of carbonyl (C=O) groups excluding carboxylic acids is 1. The Morgan fingerprint density at radius 2 is 2.09 bits per heavy atom. The minimum absolute atomic E-state index is 0.115. The molecule has 0 radical (unpaired) electrons. The molecule has 0 fully saturated rings. The predicted octanol–water partition coefficient (Wildman–Crippen LogP) is 4.27. The lowest BCUT2D eigenvalue weighted by Crippen LogP contribution is -2.20. The Kier molecular flexibility index (Phi) is 6.24. The first kappa shape index (κ1) is 16.8. The van der Waals surface area contributed by atoms with Crippen molar-refractivity contribution in [2.45, 2.75) is 6.61 Å². The molecule has 0 unspecified atom stereocenters. The van der Waals surface area contributed by atoms with Crippen LogP contribution in [0, 0.1) is 0 Å². The van der Waals surface area contributed by atoms with Gasteiger partial charge in [-0.15, -0.1) is 0 Å². The van der Waals surface area contributed by atoms with Gasteiger partial charge in [0.15, 0.2) is 6.61 Å². The van der Waals surface area contributed by atoms with Crippen LogP contribution in [0.2, 0.25) is 5.02 Å². The second-order valence-corrected chi connectivity index (χ2v) is 5.87. The molecule has 0 bridgehead atoms. The Hall–Kier alpha value is -1.56. The van der Waals surface area contributed by atoms with E-state index in [1.54, 1.807) is 25.3 Å². The summed E-state index contributed by atoms with van der Waals surface area (Å²) in [7, 11) is 1.63. The highest BCUT2D eigenvalue weighted by Crippen LogP contribution is 2.27. The molecule has 1 N–H and O–H groups in total. The molecule has 2 aromatic rings. The van der Waals surface area contributed by atoms with Crippen LogP contribution in [0.5, 0.6) is 5.75 Å². The van der Waals surface area contributed by atoms with Crippen LogP contribution in [0.4, 0.5) is 5.69 Å². The summed E-state index contributed by atoms with van der Waals surface area (Å²) in [6, 6.07) is 12.7. The molecule has 4 nitrogen and oxygen atoms in total. The Bertz CT molecular complexity index is 664. The third kappa shape index (κ3) is 5.02. The van der Waals surface area contributed by atoms with Gasteiger partial charge < -0.3 is 14.8 Å². The normalized spacial score (nSPS) is 10.3. The van der Waals surface area contributed by atoms with Gasteiger partial charge in [-0.3, -0.25) is 4.79 Å². The molecular formula is C16H15BrClNO3. The van der Waals surface area contributed by atoms with Crippen molar-refractivity contribution >= 4 is 39.1 Å². The fourth-order valence-electron chi connectivity index (χ4n) is 1.84. The van der Waals surface area contributed by atoms with Crippen molar-refractivity contribution in [1.82, 2.24) is 0 Å². The maximum Gasteiger partial charge on any atom is 0.262 e. The van der Waals surface area contributed by atoms with Gasteiger partial charge in [0.1, 0.15) is 5.75 Å². The SMILES string of the molecule is COCc1cccc(NC(=O)COc2ccc(Br)cc2Cl)c1. The minimum Gasteiger partial charge on any atom is -0.482 e. The molecule has 1 amide bonds. The Labute approximate surface area is 142 Å². The zero-order chi connectivity index (χ0) is 15.9. The number of hydrogen-bond donors (Lipinski definition) is 1. The van der Waals surface area contributed by atoms with Crippen LogP contribution in [0.1, 0.15) is 5.56 Å². The summed E-state index contributed by atoms with van der Waals surface area (Å²) in [5.41, 5.74) is 1.68. The van der Waals surface area contributed by atoms with Gasteiger partial charge in [-0.2, -0.15) is 0 Å². The van der Waals surface area contributed by atoms with Crippen LogP contribution in [0.25, 0.3) is 0 Å². The van der Waals surface area contributed by atoms with Crippen molar-refractivity contribution < 1.29 is 14.3 Å². The van der Waals surface area contributed by atoms with E-state index in [0.29, 0.717) is 23.1 Å². The van der Waals surface area contributed by atoms with E-state index >= 15 is 0 Å². The molecule has 0 aliphatic rings. The van der Waals surface area contributed by atoms with E-state index in [2.05, 4.69) is 21.2 Å². The topological polar surface area (TPSA) is 47.6 Å². The smallest absolute Gasteiger partial charge is 0.262 e. The average Bonchev–Trinajstić information content (AvgIpc) is 2.47. The fourth-order valence-corrected chi connectivity index (χ4v) is 2.57. The maximum atomic E-state index is 11.9. The summed E-state index contributed by atoms with van der Waals surface area (Å²) in [4.78, 5) is 11.9. The number of carbonyl (C=O) groups is 1. The monoisotopic (exact) mass is 383 g/mol. The first-order valence-corrected chi connectivity index (χ1v) is 7.71. The Balaban J connectivity index is 1.91. The molecule has 2 aromatic carbocycles. The number of halogens is 2. The van der Waals surface area contributed by atoms with Crippen molar-refractivity contribution in [3.05, 3.63) is 57.5 Å². The molecule has 0 aromatic heterocycles. The second kappa shape index (κ2) is 8.17. The lowest BCUT2D eigenvalue weighted by molar-refractivity contribution is -0.118. The molecule has 0 heterocycles. The largest absolute Gasteiger partial charge is 0.482 e. The number of rotatable bonds is 6. The van der Waals surface area contributed by atoms with Crippen LogP contribution in [0.15, 0.2) is 46.9 Å². The minimum atomic E-state index is -0.256. The van der Waals surface area contributed by atoms with E-state index in [4.69, 9.17) is 21.1 Å². The molecule has 116 valence electrons. The zero-order valence-corrected chi connectivity index (χ0v) is 14.3.